The van der Waals surface area contributed by atoms with Gasteiger partial charge in [-0.3, -0.25) is 0 Å². The van der Waals surface area contributed by atoms with Gasteiger partial charge in [0.1, 0.15) is 0 Å². The molecule has 1 heterocycles. The minimum Gasteiger partial charge on any atom is -0.440 e. The van der Waals surface area contributed by atoms with Gasteiger partial charge in [0.05, 0.1) is 0 Å². The molecule has 1 saturated heterocycles. The van der Waals surface area contributed by atoms with Crippen molar-refractivity contribution in [2.45, 2.75) is 25.9 Å². The number of hydrogen-bond acceptors (Lipinski definition) is 3. The van der Waals surface area contributed by atoms with Crippen LogP contribution in [0.2, 0.25) is 0 Å². The Kier molecular flexibility index (Phi) is 5.71. The van der Waals surface area contributed by atoms with E-state index in [-0.39, 0.29) is 0 Å². The summed E-state index contributed by atoms with van der Waals surface area (Å²) < 4.78 is 39.4. The molecule has 4 nitrogen and oxygen atoms in total. The number of nitrogens with one attached hydrogen (secondary N) is 1. The van der Waals surface area contributed by atoms with Gasteiger partial charge >= 0.3 is 12.3 Å². The molecule has 1 aliphatic rings. The van der Waals surface area contributed by atoms with Crippen molar-refractivity contribution in [3.05, 3.63) is 0 Å². The quantitative estimate of drug-likeness (QED) is 0.848. The predicted molar refractivity (Wildman–Crippen MR) is 60.2 cm³/mol. The SMILES string of the molecule is CCN1CCC(CNC(=O)OCC(F)(F)F)CC1. The fourth-order valence-electron chi connectivity index (χ4n) is 1.93. The third-order valence-electron chi connectivity index (χ3n) is 3.06. The fourth-order valence-corrected chi connectivity index (χ4v) is 1.93. The standard InChI is InChI=1S/C11H19F3N2O2/c1-2-16-5-3-9(4-6-16)7-15-10(17)18-8-11(12,13)14/h9H,2-8H2,1H3,(H,15,17). The van der Waals surface area contributed by atoms with E-state index in [9.17, 15) is 18.0 Å². The van der Waals surface area contributed by atoms with Crippen molar-refractivity contribution in [3.8, 4) is 0 Å². The van der Waals surface area contributed by atoms with Crippen molar-refractivity contribution in [1.29, 1.82) is 0 Å². The van der Waals surface area contributed by atoms with Gasteiger partial charge in [0.25, 0.3) is 0 Å². The van der Waals surface area contributed by atoms with Crippen molar-refractivity contribution in [1.82, 2.24) is 10.2 Å². The zero-order chi connectivity index (χ0) is 13.6. The maximum Gasteiger partial charge on any atom is 0.422 e. The second-order valence-corrected chi connectivity index (χ2v) is 4.45. The molecule has 0 aromatic carbocycles. The Morgan fingerprint density at radius 2 is 2.00 bits per heavy atom. The second-order valence-electron chi connectivity index (χ2n) is 4.45. The first kappa shape index (κ1) is 15.1. The van der Waals surface area contributed by atoms with Crippen molar-refractivity contribution in [3.63, 3.8) is 0 Å². The van der Waals surface area contributed by atoms with E-state index in [0.717, 1.165) is 32.5 Å². The lowest BCUT2D eigenvalue weighted by atomic mass is 9.97. The molecule has 1 fully saturated rings. The van der Waals surface area contributed by atoms with Gasteiger partial charge in [-0.05, 0) is 38.4 Å². The highest BCUT2D eigenvalue weighted by molar-refractivity contribution is 5.67. The van der Waals surface area contributed by atoms with Gasteiger partial charge in [0.2, 0.25) is 0 Å². The molecule has 0 aromatic heterocycles. The molecule has 106 valence electrons. The normalized spacial score (nSPS) is 18.7. The van der Waals surface area contributed by atoms with Crippen molar-refractivity contribution in [2.75, 3.05) is 32.8 Å². The van der Waals surface area contributed by atoms with Crippen LogP contribution >= 0.6 is 0 Å². The molecule has 1 aliphatic heterocycles. The van der Waals surface area contributed by atoms with Crippen LogP contribution in [0.3, 0.4) is 0 Å². The summed E-state index contributed by atoms with van der Waals surface area (Å²) in [5.41, 5.74) is 0. The summed E-state index contributed by atoms with van der Waals surface area (Å²) in [6.07, 6.45) is -3.56. The largest absolute Gasteiger partial charge is 0.440 e. The number of piperidine rings is 1. The second kappa shape index (κ2) is 6.82. The highest BCUT2D eigenvalue weighted by Gasteiger charge is 2.29. The number of carbonyl (C=O) groups excluding carboxylic acids is 1. The van der Waals surface area contributed by atoms with Gasteiger partial charge in [-0.2, -0.15) is 13.2 Å². The Hall–Kier alpha value is -0.980. The molecule has 0 unspecified atom stereocenters. The number of hydrogen-bond donors (Lipinski definition) is 1. The highest BCUT2D eigenvalue weighted by atomic mass is 19.4. The zero-order valence-electron chi connectivity index (χ0n) is 10.4. The Balaban J connectivity index is 2.12. The average Bonchev–Trinajstić information content (AvgIpc) is 2.33. The Morgan fingerprint density at radius 1 is 1.39 bits per heavy atom. The molecule has 0 spiro atoms. The van der Waals surface area contributed by atoms with Crippen LogP contribution in [0.5, 0.6) is 0 Å². The highest BCUT2D eigenvalue weighted by Crippen LogP contribution is 2.16. The Morgan fingerprint density at radius 3 is 2.50 bits per heavy atom. The third-order valence-corrected chi connectivity index (χ3v) is 3.06. The van der Waals surface area contributed by atoms with E-state index in [0.29, 0.717) is 12.5 Å². The van der Waals surface area contributed by atoms with E-state index in [2.05, 4.69) is 21.9 Å². The predicted octanol–water partition coefficient (Wildman–Crippen LogP) is 2.01. The molecule has 0 atom stereocenters. The molecule has 7 heteroatoms. The molecule has 1 N–H and O–H groups in total. The van der Waals surface area contributed by atoms with E-state index in [1.165, 1.54) is 0 Å². The van der Waals surface area contributed by atoms with E-state index in [1.807, 2.05) is 0 Å². The molecule has 18 heavy (non-hydrogen) atoms. The van der Waals surface area contributed by atoms with E-state index < -0.39 is 18.9 Å². The molecule has 0 saturated carbocycles. The van der Waals surface area contributed by atoms with Crippen molar-refractivity contribution < 1.29 is 22.7 Å². The van der Waals surface area contributed by atoms with Gasteiger partial charge in [0, 0.05) is 6.54 Å². The molecule has 1 amide bonds. The summed E-state index contributed by atoms with van der Waals surface area (Å²) in [6, 6.07) is 0. The number of amides is 1. The van der Waals surface area contributed by atoms with Crippen LogP contribution in [-0.4, -0.2) is 50.0 Å². The molecule has 0 radical (unpaired) electrons. The van der Waals surface area contributed by atoms with Crippen LogP contribution in [0.25, 0.3) is 0 Å². The van der Waals surface area contributed by atoms with Gasteiger partial charge in [-0.15, -0.1) is 0 Å². The molecule has 0 bridgehead atoms. The van der Waals surface area contributed by atoms with Gasteiger partial charge in [-0.25, -0.2) is 4.79 Å². The number of rotatable bonds is 4. The number of ether oxygens (including phenoxy) is 1. The summed E-state index contributed by atoms with van der Waals surface area (Å²) in [6.45, 7) is 3.89. The molecular formula is C11H19F3N2O2. The van der Waals surface area contributed by atoms with Crippen LogP contribution in [-0.2, 0) is 4.74 Å². The maximum atomic E-state index is 11.8. The van der Waals surface area contributed by atoms with Gasteiger partial charge < -0.3 is 15.0 Å². The Bertz CT molecular complexity index is 264. The van der Waals surface area contributed by atoms with Crippen LogP contribution in [0.4, 0.5) is 18.0 Å². The smallest absolute Gasteiger partial charge is 0.422 e. The van der Waals surface area contributed by atoms with Gasteiger partial charge in [-0.1, -0.05) is 6.92 Å². The Labute approximate surface area is 104 Å². The molecule has 0 aromatic rings. The van der Waals surface area contributed by atoms with E-state index in [4.69, 9.17) is 0 Å². The third kappa shape index (κ3) is 6.09. The topological polar surface area (TPSA) is 41.6 Å². The number of alkyl halides is 3. The molecule has 0 aliphatic carbocycles. The number of nitrogens with zero attached hydrogens (tertiary/aromatic N) is 1. The fraction of sp³-hybridized carbons (Fsp3) is 0.909. The summed E-state index contributed by atoms with van der Waals surface area (Å²) in [4.78, 5) is 13.3. The average molecular weight is 268 g/mol. The first-order valence-electron chi connectivity index (χ1n) is 6.10. The van der Waals surface area contributed by atoms with Crippen molar-refractivity contribution >= 4 is 6.09 Å². The minimum atomic E-state index is -4.47. The van der Waals surface area contributed by atoms with E-state index >= 15 is 0 Å². The lowest BCUT2D eigenvalue weighted by molar-refractivity contribution is -0.160. The number of carbonyl (C=O) groups is 1. The van der Waals surface area contributed by atoms with Crippen LogP contribution < -0.4 is 5.32 Å². The molecule has 1 rings (SSSR count). The maximum absolute atomic E-state index is 11.8. The summed E-state index contributed by atoms with van der Waals surface area (Å²) in [7, 11) is 0. The van der Waals surface area contributed by atoms with Crippen molar-refractivity contribution in [2.24, 2.45) is 5.92 Å². The monoisotopic (exact) mass is 268 g/mol. The minimum absolute atomic E-state index is 0.325. The number of halogens is 3. The summed E-state index contributed by atoms with van der Waals surface area (Å²) in [5.74, 6) is 0.325. The van der Waals surface area contributed by atoms with E-state index in [1.54, 1.807) is 0 Å². The number of likely N-dealkylation sites (tertiary alicyclic amines) is 1. The summed E-state index contributed by atoms with van der Waals surface area (Å²) in [5, 5.41) is 2.38. The summed E-state index contributed by atoms with van der Waals surface area (Å²) >= 11 is 0. The van der Waals surface area contributed by atoms with Gasteiger partial charge in [0.15, 0.2) is 6.61 Å². The van der Waals surface area contributed by atoms with Crippen LogP contribution in [0.15, 0.2) is 0 Å². The number of alkyl carbamates (subject to hydrolysis) is 1. The first-order chi connectivity index (χ1) is 8.40. The lowest BCUT2D eigenvalue weighted by Crippen LogP contribution is -2.39. The zero-order valence-corrected chi connectivity index (χ0v) is 10.4. The molecular weight excluding hydrogens is 249 g/mol. The first-order valence-corrected chi connectivity index (χ1v) is 6.10. The van der Waals surface area contributed by atoms with Crippen LogP contribution in [0, 0.1) is 5.92 Å². The van der Waals surface area contributed by atoms with Crippen LogP contribution in [0.1, 0.15) is 19.8 Å². The lowest BCUT2D eigenvalue weighted by Gasteiger charge is -2.30.